The number of benzene rings is 2. The van der Waals surface area contributed by atoms with E-state index < -0.39 is 0 Å². The van der Waals surface area contributed by atoms with Crippen LogP contribution in [-0.2, 0) is 6.61 Å². The summed E-state index contributed by atoms with van der Waals surface area (Å²) in [6, 6.07) is 18.3. The lowest BCUT2D eigenvalue weighted by atomic mass is 10.1. The molecule has 0 spiro atoms. The van der Waals surface area contributed by atoms with Crippen molar-refractivity contribution in [3.05, 3.63) is 72.1 Å². The predicted octanol–water partition coefficient (Wildman–Crippen LogP) is 3.84. The highest BCUT2D eigenvalue weighted by atomic mass is 16.5. The lowest BCUT2D eigenvalue weighted by Crippen LogP contribution is -1.97. The Balaban J connectivity index is 2.05. The first-order valence-corrected chi connectivity index (χ1v) is 5.45. The molecule has 0 aliphatic heterocycles. The minimum absolute atomic E-state index is 0.617. The summed E-state index contributed by atoms with van der Waals surface area (Å²) in [6.07, 6.45) is 2.06. The van der Waals surface area contributed by atoms with Crippen molar-refractivity contribution >= 4 is 0 Å². The fourth-order valence-corrected chi connectivity index (χ4v) is 1.59. The van der Waals surface area contributed by atoms with Crippen LogP contribution in [0.15, 0.2) is 54.6 Å². The summed E-state index contributed by atoms with van der Waals surface area (Å²) >= 11 is 0. The molecule has 0 aliphatic carbocycles. The molecule has 2 aromatic rings. The summed E-state index contributed by atoms with van der Waals surface area (Å²) in [5.41, 5.74) is 2.33. The van der Waals surface area contributed by atoms with E-state index >= 15 is 0 Å². The van der Waals surface area contributed by atoms with Crippen molar-refractivity contribution in [3.8, 4) is 5.75 Å². The van der Waals surface area contributed by atoms with Crippen molar-refractivity contribution in [1.82, 2.24) is 0 Å². The largest absolute Gasteiger partial charge is 0.489 e. The second-order valence-corrected chi connectivity index (χ2v) is 3.60. The second kappa shape index (κ2) is 5.36. The van der Waals surface area contributed by atoms with Gasteiger partial charge in [-0.3, -0.25) is 0 Å². The van der Waals surface area contributed by atoms with Gasteiger partial charge in [0, 0.05) is 0 Å². The Labute approximate surface area is 96.7 Å². The summed E-state index contributed by atoms with van der Waals surface area (Å²) in [4.78, 5) is 0. The number of hydrogen-bond donors (Lipinski definition) is 0. The van der Waals surface area contributed by atoms with Gasteiger partial charge in [0.25, 0.3) is 0 Å². The summed E-state index contributed by atoms with van der Waals surface area (Å²) in [6.45, 7) is 2.64. The van der Waals surface area contributed by atoms with E-state index in [1.807, 2.05) is 43.3 Å². The standard InChI is InChI=1S/C15H15O/c1-2-14-10-6-7-11-15(14)16-12-13-8-4-3-5-9-13/h2-11H,12H2,1H3. The van der Waals surface area contributed by atoms with Crippen LogP contribution in [0.4, 0.5) is 0 Å². The van der Waals surface area contributed by atoms with Crippen molar-refractivity contribution in [1.29, 1.82) is 0 Å². The zero-order valence-electron chi connectivity index (χ0n) is 9.39. The van der Waals surface area contributed by atoms with Crippen LogP contribution >= 0.6 is 0 Å². The Bertz CT molecular complexity index is 434. The maximum atomic E-state index is 5.78. The molecule has 0 saturated carbocycles. The van der Waals surface area contributed by atoms with Crippen molar-refractivity contribution < 1.29 is 4.74 Å². The predicted molar refractivity (Wildman–Crippen MR) is 66.3 cm³/mol. The third kappa shape index (κ3) is 2.63. The molecule has 0 heterocycles. The lowest BCUT2D eigenvalue weighted by molar-refractivity contribution is 0.304. The number of ether oxygens (including phenoxy) is 1. The molecule has 0 aliphatic rings. The van der Waals surface area contributed by atoms with Crippen LogP contribution in [0.5, 0.6) is 5.75 Å². The van der Waals surface area contributed by atoms with Crippen LogP contribution in [0, 0.1) is 6.42 Å². The van der Waals surface area contributed by atoms with Gasteiger partial charge >= 0.3 is 0 Å². The summed E-state index contributed by atoms with van der Waals surface area (Å²) in [5, 5.41) is 0. The monoisotopic (exact) mass is 211 g/mol. The Kier molecular flexibility index (Phi) is 3.60. The van der Waals surface area contributed by atoms with E-state index in [9.17, 15) is 0 Å². The summed E-state index contributed by atoms with van der Waals surface area (Å²) in [7, 11) is 0. The van der Waals surface area contributed by atoms with Gasteiger partial charge in [0.2, 0.25) is 0 Å². The molecule has 0 aromatic heterocycles. The van der Waals surface area contributed by atoms with Gasteiger partial charge in [-0.05, 0) is 23.6 Å². The van der Waals surface area contributed by atoms with Gasteiger partial charge in [-0.25, -0.2) is 0 Å². The van der Waals surface area contributed by atoms with E-state index in [1.54, 1.807) is 0 Å². The first kappa shape index (κ1) is 10.7. The van der Waals surface area contributed by atoms with Gasteiger partial charge in [-0.15, -0.1) is 0 Å². The van der Waals surface area contributed by atoms with E-state index in [-0.39, 0.29) is 0 Å². The Hall–Kier alpha value is -1.76. The zero-order valence-corrected chi connectivity index (χ0v) is 9.39. The summed E-state index contributed by atoms with van der Waals surface area (Å²) < 4.78 is 5.78. The normalized spacial score (nSPS) is 10.1. The Morgan fingerprint density at radius 1 is 0.938 bits per heavy atom. The summed E-state index contributed by atoms with van der Waals surface area (Å²) in [5.74, 6) is 0.939. The fraction of sp³-hybridized carbons (Fsp3) is 0.133. The molecular weight excluding hydrogens is 196 g/mol. The van der Waals surface area contributed by atoms with Gasteiger partial charge in [-0.2, -0.15) is 0 Å². The highest BCUT2D eigenvalue weighted by molar-refractivity contribution is 5.38. The first-order valence-electron chi connectivity index (χ1n) is 5.45. The molecule has 2 rings (SSSR count). The van der Waals surface area contributed by atoms with E-state index in [0.717, 1.165) is 11.3 Å². The molecule has 2 aromatic carbocycles. The molecule has 0 N–H and O–H groups in total. The zero-order chi connectivity index (χ0) is 11.2. The fourth-order valence-electron chi connectivity index (χ4n) is 1.59. The third-order valence-corrected chi connectivity index (χ3v) is 2.47. The van der Waals surface area contributed by atoms with Crippen LogP contribution in [-0.4, -0.2) is 0 Å². The lowest BCUT2D eigenvalue weighted by Gasteiger charge is -2.09. The third-order valence-electron chi connectivity index (χ3n) is 2.47. The topological polar surface area (TPSA) is 9.23 Å². The molecule has 0 unspecified atom stereocenters. The van der Waals surface area contributed by atoms with Crippen molar-refractivity contribution in [2.24, 2.45) is 0 Å². The smallest absolute Gasteiger partial charge is 0.123 e. The van der Waals surface area contributed by atoms with E-state index in [2.05, 4.69) is 24.6 Å². The molecule has 16 heavy (non-hydrogen) atoms. The van der Waals surface area contributed by atoms with E-state index in [1.165, 1.54) is 5.56 Å². The van der Waals surface area contributed by atoms with Gasteiger partial charge in [0.05, 0.1) is 0 Å². The highest BCUT2D eigenvalue weighted by Gasteiger charge is 2.00. The van der Waals surface area contributed by atoms with Crippen molar-refractivity contribution in [2.75, 3.05) is 0 Å². The number of para-hydroxylation sites is 1. The van der Waals surface area contributed by atoms with Gasteiger partial charge < -0.3 is 4.74 Å². The second-order valence-electron chi connectivity index (χ2n) is 3.60. The minimum atomic E-state index is 0.617. The van der Waals surface area contributed by atoms with Crippen LogP contribution in [0.25, 0.3) is 0 Å². The Morgan fingerprint density at radius 3 is 2.38 bits per heavy atom. The van der Waals surface area contributed by atoms with E-state index in [4.69, 9.17) is 4.74 Å². The molecular formula is C15H15O. The van der Waals surface area contributed by atoms with Gasteiger partial charge in [-0.1, -0.05) is 55.5 Å². The molecule has 0 amide bonds. The Morgan fingerprint density at radius 2 is 1.62 bits per heavy atom. The first-order chi connectivity index (χ1) is 7.90. The van der Waals surface area contributed by atoms with E-state index in [0.29, 0.717) is 6.61 Å². The SMILES string of the molecule is C[CH]c1ccccc1OCc1ccccc1. The molecule has 1 heteroatoms. The maximum Gasteiger partial charge on any atom is 0.123 e. The average molecular weight is 211 g/mol. The molecule has 0 bridgehead atoms. The van der Waals surface area contributed by atoms with Crippen LogP contribution in [0.1, 0.15) is 18.1 Å². The number of hydrogen-bond acceptors (Lipinski definition) is 1. The van der Waals surface area contributed by atoms with Crippen molar-refractivity contribution in [3.63, 3.8) is 0 Å². The minimum Gasteiger partial charge on any atom is -0.489 e. The van der Waals surface area contributed by atoms with Crippen LogP contribution < -0.4 is 4.74 Å². The highest BCUT2D eigenvalue weighted by Crippen LogP contribution is 2.20. The molecule has 0 atom stereocenters. The maximum absolute atomic E-state index is 5.78. The number of rotatable bonds is 4. The average Bonchev–Trinajstić information content (AvgIpc) is 2.38. The molecule has 0 saturated heterocycles. The van der Waals surface area contributed by atoms with Crippen molar-refractivity contribution in [2.45, 2.75) is 13.5 Å². The van der Waals surface area contributed by atoms with Gasteiger partial charge in [0.15, 0.2) is 0 Å². The molecule has 0 fully saturated rings. The quantitative estimate of drug-likeness (QED) is 0.746. The molecule has 1 radical (unpaired) electrons. The van der Waals surface area contributed by atoms with Crippen LogP contribution in [0.3, 0.4) is 0 Å². The van der Waals surface area contributed by atoms with Gasteiger partial charge in [0.1, 0.15) is 12.4 Å². The molecule has 1 nitrogen and oxygen atoms in total. The molecule has 81 valence electrons. The van der Waals surface area contributed by atoms with Crippen LogP contribution in [0.2, 0.25) is 0 Å².